The first-order valence-electron chi connectivity index (χ1n) is 8.40. The Morgan fingerprint density at radius 2 is 2.10 bits per heavy atom. The minimum Gasteiger partial charge on any atom is -0.478 e. The van der Waals surface area contributed by atoms with Gasteiger partial charge >= 0.3 is 5.97 Å². The summed E-state index contributed by atoms with van der Waals surface area (Å²) in [6.45, 7) is 10.3. The molecule has 118 valence electrons. The van der Waals surface area contributed by atoms with Crippen LogP contribution in [0.1, 0.15) is 53.4 Å². The van der Waals surface area contributed by atoms with E-state index in [1.54, 1.807) is 0 Å². The Hall–Kier alpha value is -0.830. The monoisotopic (exact) mass is 292 g/mol. The van der Waals surface area contributed by atoms with Crippen LogP contribution in [0.25, 0.3) is 0 Å². The van der Waals surface area contributed by atoms with Crippen molar-refractivity contribution in [3.8, 4) is 0 Å². The Morgan fingerprint density at radius 1 is 1.38 bits per heavy atom. The molecule has 0 heterocycles. The van der Waals surface area contributed by atoms with Crippen molar-refractivity contribution in [3.05, 3.63) is 11.1 Å². The van der Waals surface area contributed by atoms with Crippen molar-refractivity contribution >= 4 is 5.97 Å². The molecule has 0 aliphatic heterocycles. The fourth-order valence-corrected chi connectivity index (χ4v) is 5.91. The molecule has 0 aromatic rings. The summed E-state index contributed by atoms with van der Waals surface area (Å²) in [5, 5.41) is 9.79. The van der Waals surface area contributed by atoms with Crippen LogP contribution in [0.5, 0.6) is 0 Å². The summed E-state index contributed by atoms with van der Waals surface area (Å²) in [4.78, 5) is 11.9. The lowest BCUT2D eigenvalue weighted by Gasteiger charge is -2.51. The highest BCUT2D eigenvalue weighted by Crippen LogP contribution is 2.73. The molecule has 2 bridgehead atoms. The molecule has 0 aromatic carbocycles. The molecule has 0 radical (unpaired) electrons. The third-order valence-corrected chi connectivity index (χ3v) is 7.00. The van der Waals surface area contributed by atoms with Crippen LogP contribution in [0, 0.1) is 28.6 Å². The first-order chi connectivity index (χ1) is 9.86. The molecule has 0 saturated heterocycles. The first-order valence-corrected chi connectivity index (χ1v) is 8.40. The summed E-state index contributed by atoms with van der Waals surface area (Å²) < 4.78 is 5.60. The minimum atomic E-state index is -0.706. The molecule has 1 spiro atoms. The van der Waals surface area contributed by atoms with E-state index in [0.717, 1.165) is 12.8 Å². The number of carboxylic acids is 1. The number of carbonyl (C=O) groups is 1. The molecule has 4 atom stereocenters. The topological polar surface area (TPSA) is 46.5 Å². The molecule has 0 amide bonds. The van der Waals surface area contributed by atoms with E-state index in [4.69, 9.17) is 4.74 Å². The van der Waals surface area contributed by atoms with Gasteiger partial charge in [-0.3, -0.25) is 0 Å². The van der Waals surface area contributed by atoms with Gasteiger partial charge in [-0.2, -0.15) is 0 Å². The number of ether oxygens (including phenoxy) is 1. The fourth-order valence-electron chi connectivity index (χ4n) is 5.91. The Kier molecular flexibility index (Phi) is 3.47. The van der Waals surface area contributed by atoms with Gasteiger partial charge in [0.15, 0.2) is 0 Å². The van der Waals surface area contributed by atoms with Gasteiger partial charge in [-0.15, -0.1) is 0 Å². The highest BCUT2D eigenvalue weighted by atomic mass is 16.5. The summed E-state index contributed by atoms with van der Waals surface area (Å²) in [5.74, 6) is 0.619. The van der Waals surface area contributed by atoms with Gasteiger partial charge < -0.3 is 9.84 Å². The van der Waals surface area contributed by atoms with E-state index in [9.17, 15) is 9.90 Å². The molecular formula is C18H28O3. The second-order valence-electron chi connectivity index (χ2n) is 7.83. The molecule has 2 fully saturated rings. The fraction of sp³-hybridized carbons (Fsp3) is 0.833. The summed E-state index contributed by atoms with van der Waals surface area (Å²) in [6.07, 6.45) is 4.48. The highest BCUT2D eigenvalue weighted by Gasteiger charge is 2.66. The van der Waals surface area contributed by atoms with Gasteiger partial charge in [-0.1, -0.05) is 26.3 Å². The Balaban J connectivity index is 2.09. The number of rotatable bonds is 4. The van der Waals surface area contributed by atoms with Crippen molar-refractivity contribution in [2.45, 2.75) is 53.4 Å². The van der Waals surface area contributed by atoms with Crippen LogP contribution >= 0.6 is 0 Å². The van der Waals surface area contributed by atoms with Gasteiger partial charge in [-0.05, 0) is 49.9 Å². The zero-order valence-electron chi connectivity index (χ0n) is 13.7. The molecule has 3 nitrogen and oxygen atoms in total. The van der Waals surface area contributed by atoms with Crippen molar-refractivity contribution in [1.82, 2.24) is 0 Å². The smallest absolute Gasteiger partial charge is 0.331 e. The van der Waals surface area contributed by atoms with Gasteiger partial charge in [0.25, 0.3) is 0 Å². The second kappa shape index (κ2) is 4.84. The number of carboxylic acid groups (broad SMARTS) is 1. The number of fused-ring (bicyclic) bond motifs is 1. The molecule has 0 unspecified atom stereocenters. The van der Waals surface area contributed by atoms with Crippen LogP contribution in [-0.2, 0) is 9.53 Å². The molecule has 0 aromatic heterocycles. The molecule has 3 aliphatic carbocycles. The molecule has 3 aliphatic rings. The summed E-state index contributed by atoms with van der Waals surface area (Å²) in [6, 6.07) is 0. The van der Waals surface area contributed by atoms with Gasteiger partial charge in [0.05, 0.1) is 6.61 Å². The second-order valence-corrected chi connectivity index (χ2v) is 7.83. The van der Waals surface area contributed by atoms with Crippen LogP contribution in [-0.4, -0.2) is 24.3 Å². The molecule has 2 saturated carbocycles. The lowest BCUT2D eigenvalue weighted by molar-refractivity contribution is -0.133. The van der Waals surface area contributed by atoms with Gasteiger partial charge in [0.1, 0.15) is 0 Å². The van der Waals surface area contributed by atoms with E-state index in [1.807, 2.05) is 6.92 Å². The van der Waals surface area contributed by atoms with E-state index in [0.29, 0.717) is 30.6 Å². The van der Waals surface area contributed by atoms with Crippen LogP contribution in [0.2, 0.25) is 0 Å². The average molecular weight is 292 g/mol. The van der Waals surface area contributed by atoms with Crippen molar-refractivity contribution in [2.24, 2.45) is 28.6 Å². The van der Waals surface area contributed by atoms with Crippen molar-refractivity contribution in [2.75, 3.05) is 13.2 Å². The van der Waals surface area contributed by atoms with Crippen LogP contribution in [0.15, 0.2) is 11.1 Å². The zero-order valence-corrected chi connectivity index (χ0v) is 13.7. The van der Waals surface area contributed by atoms with E-state index in [2.05, 4.69) is 20.8 Å². The van der Waals surface area contributed by atoms with E-state index >= 15 is 0 Å². The standard InChI is InChI=1S/C18H28O3/c1-5-21-10-12-9-18-11(2)6-7-13(17(18,3)4)8-14(18)15(12)16(19)20/h11-13H,5-10H2,1-4H3,(H,19,20)/t11-,12-,13-,18+/m1/s1. The largest absolute Gasteiger partial charge is 0.478 e. The molecule has 21 heavy (non-hydrogen) atoms. The molecule has 1 N–H and O–H groups in total. The third-order valence-electron chi connectivity index (χ3n) is 7.00. The van der Waals surface area contributed by atoms with Crippen LogP contribution in [0.4, 0.5) is 0 Å². The number of hydrogen-bond acceptors (Lipinski definition) is 2. The normalized spacial score (nSPS) is 40.5. The van der Waals surface area contributed by atoms with Crippen molar-refractivity contribution in [3.63, 3.8) is 0 Å². The van der Waals surface area contributed by atoms with Gasteiger partial charge in [0.2, 0.25) is 0 Å². The van der Waals surface area contributed by atoms with Crippen molar-refractivity contribution < 1.29 is 14.6 Å². The van der Waals surface area contributed by atoms with Gasteiger partial charge in [-0.25, -0.2) is 4.79 Å². The van der Waals surface area contributed by atoms with E-state index in [1.165, 1.54) is 18.4 Å². The lowest BCUT2D eigenvalue weighted by atomic mass is 9.52. The minimum absolute atomic E-state index is 0.0817. The maximum Gasteiger partial charge on any atom is 0.331 e. The summed E-state index contributed by atoms with van der Waals surface area (Å²) in [7, 11) is 0. The number of allylic oxidation sites excluding steroid dienone is 1. The maximum atomic E-state index is 11.9. The molecule has 3 heteroatoms. The van der Waals surface area contributed by atoms with E-state index < -0.39 is 5.97 Å². The van der Waals surface area contributed by atoms with E-state index in [-0.39, 0.29) is 16.7 Å². The number of hydrogen-bond donors (Lipinski definition) is 1. The molecular weight excluding hydrogens is 264 g/mol. The maximum absolute atomic E-state index is 11.9. The van der Waals surface area contributed by atoms with Crippen LogP contribution in [0.3, 0.4) is 0 Å². The Labute approximate surface area is 127 Å². The lowest BCUT2D eigenvalue weighted by Crippen LogP contribution is -2.45. The third kappa shape index (κ3) is 1.79. The Morgan fingerprint density at radius 3 is 2.71 bits per heavy atom. The molecule has 3 rings (SSSR count). The highest BCUT2D eigenvalue weighted by molar-refractivity contribution is 5.89. The SMILES string of the molecule is CCOC[C@H]1C[C@@]23C(=C1C(=O)O)C[C@@H](CC[C@H]2C)C3(C)C. The zero-order chi connectivity index (χ0) is 15.4. The summed E-state index contributed by atoms with van der Waals surface area (Å²) in [5.41, 5.74) is 2.31. The predicted octanol–water partition coefficient (Wildman–Crippen LogP) is 3.89. The van der Waals surface area contributed by atoms with Crippen molar-refractivity contribution in [1.29, 1.82) is 0 Å². The first kappa shape index (κ1) is 15.1. The van der Waals surface area contributed by atoms with Crippen LogP contribution < -0.4 is 0 Å². The van der Waals surface area contributed by atoms with Gasteiger partial charge in [0, 0.05) is 23.5 Å². The number of aliphatic carboxylic acids is 1. The average Bonchev–Trinajstić information content (AvgIpc) is 2.78. The predicted molar refractivity (Wildman–Crippen MR) is 82.0 cm³/mol. The summed E-state index contributed by atoms with van der Waals surface area (Å²) >= 11 is 0. The quantitative estimate of drug-likeness (QED) is 0.855. The Bertz CT molecular complexity index is 491.